The molecule has 0 heterocycles. The number of carbonyl (C=O) groups is 2. The van der Waals surface area contributed by atoms with Gasteiger partial charge in [-0.05, 0) is 31.4 Å². The highest BCUT2D eigenvalue weighted by atomic mass is 32.2. The Morgan fingerprint density at radius 3 is 2.48 bits per heavy atom. The number of benzene rings is 1. The van der Waals surface area contributed by atoms with E-state index >= 15 is 0 Å². The van der Waals surface area contributed by atoms with Gasteiger partial charge in [0.25, 0.3) is 0 Å². The average Bonchev–Trinajstić information content (AvgIpc) is 2.90. The molecule has 0 saturated heterocycles. The molecule has 1 amide bonds. The molecule has 1 aliphatic carbocycles. The van der Waals surface area contributed by atoms with Crippen LogP contribution >= 0.6 is 0 Å². The highest BCUT2D eigenvalue weighted by molar-refractivity contribution is 7.89. The molecule has 1 aliphatic rings. The van der Waals surface area contributed by atoms with Crippen LogP contribution in [-0.2, 0) is 25.2 Å². The van der Waals surface area contributed by atoms with E-state index in [1.807, 2.05) is 0 Å². The van der Waals surface area contributed by atoms with Crippen molar-refractivity contribution in [2.24, 2.45) is 11.8 Å². The second-order valence-electron chi connectivity index (χ2n) is 5.91. The molecule has 0 radical (unpaired) electrons. The highest BCUT2D eigenvalue weighted by Crippen LogP contribution is 2.32. The maximum absolute atomic E-state index is 13.9. The summed E-state index contributed by atoms with van der Waals surface area (Å²) >= 11 is 0. The van der Waals surface area contributed by atoms with Crippen LogP contribution in [0.25, 0.3) is 0 Å². The molecule has 2 atom stereocenters. The Morgan fingerprint density at radius 1 is 1.30 bits per heavy atom. The summed E-state index contributed by atoms with van der Waals surface area (Å²) < 4.78 is 36.3. The number of carboxylic acids is 1. The first-order valence-electron chi connectivity index (χ1n) is 7.15. The maximum atomic E-state index is 13.9. The molecule has 0 aliphatic heterocycles. The number of carbonyl (C=O) groups excluding carboxylic acids is 1. The van der Waals surface area contributed by atoms with E-state index in [-0.39, 0.29) is 23.6 Å². The van der Waals surface area contributed by atoms with E-state index in [1.54, 1.807) is 0 Å². The lowest BCUT2D eigenvalue weighted by Crippen LogP contribution is -2.21. The standard InChI is InChI=1S/C15H18FNO5S/c1-23(21,22)8-11-4-5-12(7-13(11)16)17-14(18)9-2-3-10(6-9)15(19)20/h4-5,7,9-10H,2-3,6,8H2,1H3,(H,17,18)(H,19,20)/t9-,10+/m1/s1. The van der Waals surface area contributed by atoms with Gasteiger partial charge in [0.1, 0.15) is 5.82 Å². The minimum Gasteiger partial charge on any atom is -0.481 e. The Labute approximate surface area is 133 Å². The summed E-state index contributed by atoms with van der Waals surface area (Å²) in [6, 6.07) is 3.83. The zero-order valence-electron chi connectivity index (χ0n) is 12.6. The molecule has 0 unspecified atom stereocenters. The van der Waals surface area contributed by atoms with Gasteiger partial charge in [-0.3, -0.25) is 9.59 Å². The molecule has 1 fully saturated rings. The minimum atomic E-state index is -3.35. The SMILES string of the molecule is CS(=O)(=O)Cc1ccc(NC(=O)[C@@H]2CC[C@H](C(=O)O)C2)cc1F. The van der Waals surface area contributed by atoms with Gasteiger partial charge in [-0.2, -0.15) is 0 Å². The van der Waals surface area contributed by atoms with Crippen LogP contribution in [0.4, 0.5) is 10.1 Å². The van der Waals surface area contributed by atoms with Crippen molar-refractivity contribution in [3.05, 3.63) is 29.6 Å². The van der Waals surface area contributed by atoms with Crippen molar-refractivity contribution in [2.45, 2.75) is 25.0 Å². The Kier molecular flexibility index (Phi) is 5.03. The van der Waals surface area contributed by atoms with Gasteiger partial charge in [-0.1, -0.05) is 6.07 Å². The molecule has 126 valence electrons. The number of sulfone groups is 1. The van der Waals surface area contributed by atoms with Crippen molar-refractivity contribution >= 4 is 27.4 Å². The summed E-state index contributed by atoms with van der Waals surface area (Å²) in [5, 5.41) is 11.5. The Hall–Kier alpha value is -1.96. The molecule has 0 bridgehead atoms. The van der Waals surface area contributed by atoms with Crippen LogP contribution in [0.1, 0.15) is 24.8 Å². The molecule has 23 heavy (non-hydrogen) atoms. The van der Waals surface area contributed by atoms with Gasteiger partial charge in [-0.15, -0.1) is 0 Å². The lowest BCUT2D eigenvalue weighted by molar-refractivity contribution is -0.141. The van der Waals surface area contributed by atoms with E-state index < -0.39 is 39.2 Å². The lowest BCUT2D eigenvalue weighted by atomic mass is 10.0. The summed E-state index contributed by atoms with van der Waals surface area (Å²) in [7, 11) is -3.35. The van der Waals surface area contributed by atoms with Crippen molar-refractivity contribution in [3.63, 3.8) is 0 Å². The molecule has 0 spiro atoms. The summed E-state index contributed by atoms with van der Waals surface area (Å²) in [6.07, 6.45) is 2.23. The van der Waals surface area contributed by atoms with Gasteiger partial charge >= 0.3 is 5.97 Å². The van der Waals surface area contributed by atoms with Crippen molar-refractivity contribution in [1.82, 2.24) is 0 Å². The Morgan fingerprint density at radius 2 is 1.96 bits per heavy atom. The molecule has 1 aromatic rings. The predicted octanol–water partition coefficient (Wildman–Crippen LogP) is 1.81. The van der Waals surface area contributed by atoms with E-state index in [4.69, 9.17) is 5.11 Å². The first-order chi connectivity index (χ1) is 10.7. The molecule has 2 N–H and O–H groups in total. The van der Waals surface area contributed by atoms with Gasteiger partial charge in [0.05, 0.1) is 11.7 Å². The van der Waals surface area contributed by atoms with Crippen LogP contribution in [-0.4, -0.2) is 31.7 Å². The fraction of sp³-hybridized carbons (Fsp3) is 0.467. The molecule has 1 aromatic carbocycles. The van der Waals surface area contributed by atoms with Crippen molar-refractivity contribution in [2.75, 3.05) is 11.6 Å². The number of hydrogen-bond acceptors (Lipinski definition) is 4. The molecule has 8 heteroatoms. The number of amides is 1. The lowest BCUT2D eigenvalue weighted by Gasteiger charge is -2.12. The normalized spacial score (nSPS) is 21.1. The van der Waals surface area contributed by atoms with E-state index in [0.717, 1.165) is 12.3 Å². The fourth-order valence-electron chi connectivity index (χ4n) is 2.71. The van der Waals surface area contributed by atoms with E-state index in [1.165, 1.54) is 12.1 Å². The summed E-state index contributed by atoms with van der Waals surface area (Å²) in [5.41, 5.74) is 0.265. The smallest absolute Gasteiger partial charge is 0.306 e. The van der Waals surface area contributed by atoms with Crippen molar-refractivity contribution in [3.8, 4) is 0 Å². The van der Waals surface area contributed by atoms with Crippen LogP contribution < -0.4 is 5.32 Å². The van der Waals surface area contributed by atoms with Crippen molar-refractivity contribution in [1.29, 1.82) is 0 Å². The Balaban J connectivity index is 2.02. The Bertz CT molecular complexity index is 731. The van der Waals surface area contributed by atoms with Gasteiger partial charge in [0.15, 0.2) is 9.84 Å². The van der Waals surface area contributed by atoms with Crippen molar-refractivity contribution < 1.29 is 27.5 Å². The van der Waals surface area contributed by atoms with Crippen LogP contribution in [0.2, 0.25) is 0 Å². The molecule has 1 saturated carbocycles. The number of halogens is 1. The number of anilines is 1. The summed E-state index contributed by atoms with van der Waals surface area (Å²) in [5.74, 6) is -3.28. The largest absolute Gasteiger partial charge is 0.481 e. The molecule has 6 nitrogen and oxygen atoms in total. The second kappa shape index (κ2) is 6.66. The van der Waals surface area contributed by atoms with Gasteiger partial charge in [0, 0.05) is 23.4 Å². The first kappa shape index (κ1) is 17.4. The maximum Gasteiger partial charge on any atom is 0.306 e. The van der Waals surface area contributed by atoms with Crippen LogP contribution in [0, 0.1) is 17.7 Å². The topological polar surface area (TPSA) is 101 Å². The monoisotopic (exact) mass is 343 g/mol. The number of rotatable bonds is 5. The minimum absolute atomic E-state index is 0.0392. The highest BCUT2D eigenvalue weighted by Gasteiger charge is 2.33. The zero-order valence-corrected chi connectivity index (χ0v) is 13.4. The fourth-order valence-corrected chi connectivity index (χ4v) is 3.51. The molecular weight excluding hydrogens is 325 g/mol. The van der Waals surface area contributed by atoms with E-state index in [0.29, 0.717) is 12.8 Å². The van der Waals surface area contributed by atoms with Gasteiger partial charge in [-0.25, -0.2) is 12.8 Å². The van der Waals surface area contributed by atoms with Crippen LogP contribution in [0.15, 0.2) is 18.2 Å². The predicted molar refractivity (Wildman–Crippen MR) is 82.0 cm³/mol. The molecule has 0 aromatic heterocycles. The van der Waals surface area contributed by atoms with Gasteiger partial charge in [0.2, 0.25) is 5.91 Å². The van der Waals surface area contributed by atoms with E-state index in [9.17, 15) is 22.4 Å². The third-order valence-corrected chi connectivity index (χ3v) is 4.73. The van der Waals surface area contributed by atoms with Crippen LogP contribution in [0.3, 0.4) is 0 Å². The number of aliphatic carboxylic acids is 1. The summed E-state index contributed by atoms with van der Waals surface area (Å²) in [6.45, 7) is 0. The quantitative estimate of drug-likeness (QED) is 0.849. The average molecular weight is 343 g/mol. The third-order valence-electron chi connectivity index (χ3n) is 3.89. The number of nitrogens with one attached hydrogen (secondary N) is 1. The van der Waals surface area contributed by atoms with E-state index in [2.05, 4.69) is 5.32 Å². The third kappa shape index (κ3) is 4.75. The zero-order chi connectivity index (χ0) is 17.2. The number of hydrogen-bond donors (Lipinski definition) is 2. The van der Waals surface area contributed by atoms with Crippen LogP contribution in [0.5, 0.6) is 0 Å². The first-order valence-corrected chi connectivity index (χ1v) is 9.21. The number of carboxylic acid groups (broad SMARTS) is 1. The summed E-state index contributed by atoms with van der Waals surface area (Å²) in [4.78, 5) is 23.0. The molecular formula is C15H18FNO5S. The second-order valence-corrected chi connectivity index (χ2v) is 8.05. The molecule has 2 rings (SSSR count). The van der Waals surface area contributed by atoms with Gasteiger partial charge < -0.3 is 10.4 Å².